The number of halogens is 2. The molecule has 1 heterocycles. The zero-order valence-corrected chi connectivity index (χ0v) is 15.3. The van der Waals surface area contributed by atoms with Crippen molar-refractivity contribution >= 4 is 43.0 Å². The molecule has 2 aromatic carbocycles. The summed E-state index contributed by atoms with van der Waals surface area (Å²) < 4.78 is 54.7. The van der Waals surface area contributed by atoms with Gasteiger partial charge in [0.25, 0.3) is 0 Å². The summed E-state index contributed by atoms with van der Waals surface area (Å²) in [5, 5.41) is 0. The topological polar surface area (TPSA) is 76.1 Å². The van der Waals surface area contributed by atoms with E-state index in [-0.39, 0.29) is 17.0 Å². The molecule has 0 saturated heterocycles. The molecule has 0 spiro atoms. The number of sulfonamides is 1. The maximum atomic E-state index is 14.2. The van der Waals surface area contributed by atoms with Gasteiger partial charge in [-0.1, -0.05) is 6.92 Å². The van der Waals surface area contributed by atoms with E-state index in [0.717, 1.165) is 10.8 Å². The number of rotatable bonds is 6. The molecule has 136 valence electrons. The molecule has 0 saturated carbocycles. The van der Waals surface area contributed by atoms with Crippen molar-refractivity contribution in [3.8, 4) is 0 Å². The monoisotopic (exact) mass is 396 g/mol. The maximum Gasteiger partial charge on any atom is 0.232 e. The number of nitrogens with zero attached hydrogens (tertiary/aromatic N) is 1. The predicted molar refractivity (Wildman–Crippen MR) is 97.1 cm³/mol. The Hall–Kier alpha value is -2.39. The van der Waals surface area contributed by atoms with Gasteiger partial charge in [-0.3, -0.25) is 9.52 Å². The number of nitrogens with one attached hydrogen (secondary N) is 1. The lowest BCUT2D eigenvalue weighted by atomic mass is 10.0. The molecule has 26 heavy (non-hydrogen) atoms. The number of benzene rings is 2. The molecule has 3 rings (SSSR count). The minimum Gasteiger partial charge on any atom is -0.288 e. The second-order valence-corrected chi connectivity index (χ2v) is 8.33. The van der Waals surface area contributed by atoms with Crippen LogP contribution in [-0.4, -0.2) is 24.9 Å². The average Bonchev–Trinajstić information content (AvgIpc) is 3.04. The zero-order valence-electron chi connectivity index (χ0n) is 13.6. The number of ketones is 1. The van der Waals surface area contributed by atoms with E-state index in [2.05, 4.69) is 9.71 Å². The summed E-state index contributed by atoms with van der Waals surface area (Å²) in [5.41, 5.74) is 1.73. The molecule has 0 bridgehead atoms. The van der Waals surface area contributed by atoms with Crippen molar-refractivity contribution < 1.29 is 22.0 Å². The van der Waals surface area contributed by atoms with Gasteiger partial charge in [0.05, 0.1) is 32.7 Å². The predicted octanol–water partition coefficient (Wildman–Crippen LogP) is 3.96. The van der Waals surface area contributed by atoms with Gasteiger partial charge in [-0.2, -0.15) is 0 Å². The Morgan fingerprint density at radius 2 is 2.00 bits per heavy atom. The lowest BCUT2D eigenvalue weighted by molar-refractivity contribution is 0.103. The van der Waals surface area contributed by atoms with E-state index < -0.39 is 33.0 Å². The Morgan fingerprint density at radius 1 is 1.23 bits per heavy atom. The molecule has 0 unspecified atom stereocenters. The molecule has 1 aromatic heterocycles. The normalized spacial score (nSPS) is 11.7. The minimum absolute atomic E-state index is 0.161. The van der Waals surface area contributed by atoms with Gasteiger partial charge in [-0.25, -0.2) is 22.2 Å². The van der Waals surface area contributed by atoms with Gasteiger partial charge in [0.1, 0.15) is 0 Å². The largest absolute Gasteiger partial charge is 0.288 e. The summed E-state index contributed by atoms with van der Waals surface area (Å²) in [5.74, 6) is -3.54. The molecule has 0 aliphatic rings. The van der Waals surface area contributed by atoms with Gasteiger partial charge >= 0.3 is 0 Å². The number of hydrogen-bond acceptors (Lipinski definition) is 5. The molecule has 0 amide bonds. The minimum atomic E-state index is -3.70. The van der Waals surface area contributed by atoms with E-state index in [9.17, 15) is 22.0 Å². The summed E-state index contributed by atoms with van der Waals surface area (Å²) in [7, 11) is -3.70. The van der Waals surface area contributed by atoms with Crippen LogP contribution in [0.15, 0.2) is 35.8 Å². The van der Waals surface area contributed by atoms with Crippen LogP contribution < -0.4 is 4.72 Å². The first-order chi connectivity index (χ1) is 12.3. The molecule has 5 nitrogen and oxygen atoms in total. The van der Waals surface area contributed by atoms with Crippen LogP contribution in [0.2, 0.25) is 0 Å². The Balaban J connectivity index is 2.01. The summed E-state index contributed by atoms with van der Waals surface area (Å²) in [6, 6.07) is 6.34. The molecule has 9 heteroatoms. The number of thiazole rings is 1. The van der Waals surface area contributed by atoms with Crippen LogP contribution in [0.25, 0.3) is 10.2 Å². The Morgan fingerprint density at radius 3 is 2.73 bits per heavy atom. The highest BCUT2D eigenvalue weighted by atomic mass is 32.2. The van der Waals surface area contributed by atoms with Crippen LogP contribution in [0.4, 0.5) is 14.5 Å². The quantitative estimate of drug-likeness (QED) is 0.640. The van der Waals surface area contributed by atoms with E-state index in [1.165, 1.54) is 17.4 Å². The van der Waals surface area contributed by atoms with Gasteiger partial charge < -0.3 is 0 Å². The fraction of sp³-hybridized carbons (Fsp3) is 0.176. The molecule has 1 N–H and O–H groups in total. The first-order valence-electron chi connectivity index (χ1n) is 7.68. The fourth-order valence-electron chi connectivity index (χ4n) is 2.46. The first-order valence-corrected chi connectivity index (χ1v) is 10.2. The molecule has 0 fully saturated rings. The Bertz CT molecular complexity index is 1090. The van der Waals surface area contributed by atoms with Crippen LogP contribution in [-0.2, 0) is 10.0 Å². The number of anilines is 1. The second-order valence-electron chi connectivity index (χ2n) is 5.60. The number of carbonyl (C=O) groups excluding carboxylic acids is 1. The van der Waals surface area contributed by atoms with Crippen molar-refractivity contribution in [3.63, 3.8) is 0 Å². The molecular formula is C17H14F2N2O3S2. The third-order valence-corrected chi connectivity index (χ3v) is 5.90. The van der Waals surface area contributed by atoms with Gasteiger partial charge in [0.15, 0.2) is 17.4 Å². The van der Waals surface area contributed by atoms with Crippen molar-refractivity contribution in [1.29, 1.82) is 0 Å². The summed E-state index contributed by atoms with van der Waals surface area (Å²) in [6.45, 7) is 1.68. The van der Waals surface area contributed by atoms with Crippen molar-refractivity contribution in [2.45, 2.75) is 13.3 Å². The zero-order chi connectivity index (χ0) is 18.9. The highest BCUT2D eigenvalue weighted by Crippen LogP contribution is 2.25. The maximum absolute atomic E-state index is 14.2. The Labute approximate surface area is 152 Å². The average molecular weight is 396 g/mol. The smallest absolute Gasteiger partial charge is 0.232 e. The van der Waals surface area contributed by atoms with Crippen LogP contribution in [0.3, 0.4) is 0 Å². The highest BCUT2D eigenvalue weighted by molar-refractivity contribution is 7.92. The SMILES string of the molecule is CCCS(=O)(=O)Nc1cc(F)c(F)c(C(=O)c2ccc3ncsc3c2)c1. The van der Waals surface area contributed by atoms with Crippen molar-refractivity contribution in [2.75, 3.05) is 10.5 Å². The van der Waals surface area contributed by atoms with Gasteiger partial charge in [0.2, 0.25) is 10.0 Å². The van der Waals surface area contributed by atoms with Crippen LogP contribution in [0.5, 0.6) is 0 Å². The van der Waals surface area contributed by atoms with Crippen LogP contribution >= 0.6 is 11.3 Å². The first kappa shape index (κ1) is 18.4. The number of fused-ring (bicyclic) bond motifs is 1. The highest BCUT2D eigenvalue weighted by Gasteiger charge is 2.21. The molecule has 0 atom stereocenters. The third-order valence-electron chi connectivity index (χ3n) is 3.61. The van der Waals surface area contributed by atoms with E-state index in [1.54, 1.807) is 24.6 Å². The summed E-state index contributed by atoms with van der Waals surface area (Å²) in [6.07, 6.45) is 0.361. The summed E-state index contributed by atoms with van der Waals surface area (Å²) >= 11 is 1.32. The molecular weight excluding hydrogens is 382 g/mol. The van der Waals surface area contributed by atoms with Crippen LogP contribution in [0, 0.1) is 11.6 Å². The second kappa shape index (κ2) is 7.08. The van der Waals surface area contributed by atoms with Crippen molar-refractivity contribution in [2.24, 2.45) is 0 Å². The van der Waals surface area contributed by atoms with Crippen LogP contribution in [0.1, 0.15) is 29.3 Å². The van der Waals surface area contributed by atoms with E-state index in [4.69, 9.17) is 0 Å². The Kier molecular flexibility index (Phi) is 5.01. The van der Waals surface area contributed by atoms with E-state index in [0.29, 0.717) is 18.0 Å². The van der Waals surface area contributed by atoms with Gasteiger partial charge in [0, 0.05) is 11.6 Å². The van der Waals surface area contributed by atoms with E-state index in [1.807, 2.05) is 0 Å². The van der Waals surface area contributed by atoms with Crippen molar-refractivity contribution in [1.82, 2.24) is 4.98 Å². The lowest BCUT2D eigenvalue weighted by Crippen LogP contribution is -2.17. The van der Waals surface area contributed by atoms with E-state index >= 15 is 0 Å². The standard InChI is InChI=1S/C17H14F2N2O3S2/c1-2-5-26(23,24)21-11-7-12(16(19)13(18)8-11)17(22)10-3-4-14-15(6-10)25-9-20-14/h3-4,6-9,21H,2,5H2,1H3. The summed E-state index contributed by atoms with van der Waals surface area (Å²) in [4.78, 5) is 16.7. The van der Waals surface area contributed by atoms with Crippen molar-refractivity contribution in [3.05, 3.63) is 58.6 Å². The number of hydrogen-bond donors (Lipinski definition) is 1. The fourth-order valence-corrected chi connectivity index (χ4v) is 4.30. The third kappa shape index (κ3) is 3.73. The van der Waals surface area contributed by atoms with Gasteiger partial charge in [-0.05, 0) is 30.7 Å². The molecule has 0 aliphatic carbocycles. The van der Waals surface area contributed by atoms with Gasteiger partial charge in [-0.15, -0.1) is 11.3 Å². The number of carbonyl (C=O) groups is 1. The molecule has 3 aromatic rings. The number of aromatic nitrogens is 1. The lowest BCUT2D eigenvalue weighted by Gasteiger charge is -2.10. The molecule has 0 radical (unpaired) electrons. The molecule has 0 aliphatic heterocycles.